The molecule has 0 spiro atoms. The van der Waals surface area contributed by atoms with E-state index in [0.717, 1.165) is 11.1 Å². The fourth-order valence-corrected chi connectivity index (χ4v) is 1.30. The van der Waals surface area contributed by atoms with Crippen molar-refractivity contribution in [1.29, 1.82) is 0 Å². The van der Waals surface area contributed by atoms with Crippen LogP contribution in [0.1, 0.15) is 24.2 Å². The number of aliphatic hydroxyl groups is 1. The molecule has 66 valence electrons. The summed E-state index contributed by atoms with van der Waals surface area (Å²) < 4.78 is 0. The fourth-order valence-electron chi connectivity index (χ4n) is 1.17. The van der Waals surface area contributed by atoms with Gasteiger partial charge in [0.25, 0.3) is 0 Å². The molecule has 0 amide bonds. The zero-order valence-electron chi connectivity index (χ0n) is 7.29. The predicted molar refractivity (Wildman–Crippen MR) is 51.5 cm³/mol. The molecular weight excluding hydrogens is 172 g/mol. The highest BCUT2D eigenvalue weighted by molar-refractivity contribution is 6.20. The third kappa shape index (κ3) is 1.99. The molecule has 1 aromatic rings. The van der Waals surface area contributed by atoms with E-state index in [9.17, 15) is 5.11 Å². The second-order valence-corrected chi connectivity index (χ2v) is 3.67. The summed E-state index contributed by atoms with van der Waals surface area (Å²) in [5.74, 6) is 0. The number of hydrogen-bond donors (Lipinski definition) is 1. The molecule has 1 aromatic carbocycles. The van der Waals surface area contributed by atoms with Crippen molar-refractivity contribution in [1.82, 2.24) is 0 Å². The fraction of sp³-hybridized carbons (Fsp3) is 0.400. The first-order valence-electron chi connectivity index (χ1n) is 4.00. The first-order valence-corrected chi connectivity index (χ1v) is 4.44. The van der Waals surface area contributed by atoms with Crippen LogP contribution >= 0.6 is 11.6 Å². The molecule has 0 aromatic heterocycles. The maximum Gasteiger partial charge on any atom is 0.0953 e. The molecule has 12 heavy (non-hydrogen) atoms. The Hall–Kier alpha value is -0.530. The standard InChI is InChI=1S/C10H13ClO/c1-7-5-3-4-6-9(7)10(12)8(2)11/h3-6,8,10,12H,1-2H3. The van der Waals surface area contributed by atoms with Crippen molar-refractivity contribution in [3.05, 3.63) is 35.4 Å². The van der Waals surface area contributed by atoms with E-state index in [4.69, 9.17) is 11.6 Å². The van der Waals surface area contributed by atoms with Crippen LogP contribution in [0.4, 0.5) is 0 Å². The Kier molecular flexibility index (Phi) is 3.12. The minimum absolute atomic E-state index is 0.244. The van der Waals surface area contributed by atoms with E-state index in [2.05, 4.69) is 0 Å². The number of aliphatic hydroxyl groups excluding tert-OH is 1. The van der Waals surface area contributed by atoms with Gasteiger partial charge in [-0.2, -0.15) is 0 Å². The Morgan fingerprint density at radius 2 is 1.92 bits per heavy atom. The van der Waals surface area contributed by atoms with E-state index >= 15 is 0 Å². The van der Waals surface area contributed by atoms with Gasteiger partial charge in [-0.3, -0.25) is 0 Å². The molecule has 1 N–H and O–H groups in total. The van der Waals surface area contributed by atoms with Gasteiger partial charge in [0.05, 0.1) is 11.5 Å². The van der Waals surface area contributed by atoms with Crippen molar-refractivity contribution in [2.45, 2.75) is 25.3 Å². The molecule has 0 bridgehead atoms. The van der Waals surface area contributed by atoms with Gasteiger partial charge in [0.2, 0.25) is 0 Å². The van der Waals surface area contributed by atoms with Crippen LogP contribution in [-0.4, -0.2) is 10.5 Å². The summed E-state index contributed by atoms with van der Waals surface area (Å²) in [6, 6.07) is 7.73. The third-order valence-corrected chi connectivity index (χ3v) is 2.18. The lowest BCUT2D eigenvalue weighted by atomic mass is 10.0. The van der Waals surface area contributed by atoms with Crippen LogP contribution in [0.15, 0.2) is 24.3 Å². The third-order valence-electron chi connectivity index (χ3n) is 1.94. The summed E-state index contributed by atoms with van der Waals surface area (Å²) >= 11 is 5.78. The topological polar surface area (TPSA) is 20.2 Å². The first-order chi connectivity index (χ1) is 5.63. The molecule has 0 aliphatic heterocycles. The summed E-state index contributed by atoms with van der Waals surface area (Å²) in [7, 11) is 0. The molecule has 0 saturated heterocycles. The highest BCUT2D eigenvalue weighted by Crippen LogP contribution is 2.23. The summed E-state index contributed by atoms with van der Waals surface area (Å²) in [4.78, 5) is 0. The molecule has 0 heterocycles. The SMILES string of the molecule is Cc1ccccc1C(O)C(C)Cl. The molecule has 2 atom stereocenters. The van der Waals surface area contributed by atoms with E-state index < -0.39 is 6.10 Å². The lowest BCUT2D eigenvalue weighted by molar-refractivity contribution is 0.176. The minimum Gasteiger partial charge on any atom is -0.387 e. The van der Waals surface area contributed by atoms with Crippen molar-refractivity contribution < 1.29 is 5.11 Å². The van der Waals surface area contributed by atoms with E-state index in [1.54, 1.807) is 6.92 Å². The van der Waals surface area contributed by atoms with Crippen LogP contribution in [-0.2, 0) is 0 Å². The molecule has 0 saturated carbocycles. The summed E-state index contributed by atoms with van der Waals surface area (Å²) in [5.41, 5.74) is 2.00. The van der Waals surface area contributed by atoms with Crippen molar-refractivity contribution in [2.24, 2.45) is 0 Å². The van der Waals surface area contributed by atoms with Crippen molar-refractivity contribution in [3.63, 3.8) is 0 Å². The van der Waals surface area contributed by atoms with Crippen LogP contribution in [0, 0.1) is 6.92 Å². The smallest absolute Gasteiger partial charge is 0.0953 e. The van der Waals surface area contributed by atoms with Crippen LogP contribution in [0.2, 0.25) is 0 Å². The van der Waals surface area contributed by atoms with Crippen LogP contribution in [0.5, 0.6) is 0 Å². The molecule has 1 rings (SSSR count). The van der Waals surface area contributed by atoms with Crippen molar-refractivity contribution in [2.75, 3.05) is 0 Å². The second kappa shape index (κ2) is 3.92. The largest absolute Gasteiger partial charge is 0.387 e. The van der Waals surface area contributed by atoms with Gasteiger partial charge >= 0.3 is 0 Å². The Morgan fingerprint density at radius 3 is 2.42 bits per heavy atom. The average Bonchev–Trinajstić information content (AvgIpc) is 2.04. The zero-order chi connectivity index (χ0) is 9.14. The van der Waals surface area contributed by atoms with E-state index in [1.807, 2.05) is 31.2 Å². The zero-order valence-corrected chi connectivity index (χ0v) is 8.05. The van der Waals surface area contributed by atoms with E-state index in [0.29, 0.717) is 0 Å². The van der Waals surface area contributed by atoms with Gasteiger partial charge in [0, 0.05) is 0 Å². The van der Waals surface area contributed by atoms with Gasteiger partial charge < -0.3 is 5.11 Å². The highest BCUT2D eigenvalue weighted by atomic mass is 35.5. The van der Waals surface area contributed by atoms with Crippen LogP contribution in [0.25, 0.3) is 0 Å². The molecule has 0 aliphatic carbocycles. The van der Waals surface area contributed by atoms with Gasteiger partial charge in [-0.25, -0.2) is 0 Å². The Bertz CT molecular complexity index is 258. The predicted octanol–water partition coefficient (Wildman–Crippen LogP) is 2.66. The summed E-state index contributed by atoms with van der Waals surface area (Å²) in [5, 5.41) is 9.40. The number of aryl methyl sites for hydroxylation is 1. The lowest BCUT2D eigenvalue weighted by Crippen LogP contribution is -2.09. The lowest BCUT2D eigenvalue weighted by Gasteiger charge is -2.15. The normalized spacial score (nSPS) is 15.7. The van der Waals surface area contributed by atoms with Gasteiger partial charge in [-0.05, 0) is 25.0 Å². The molecule has 0 fully saturated rings. The maximum atomic E-state index is 9.65. The molecule has 1 nitrogen and oxygen atoms in total. The average molecular weight is 185 g/mol. The second-order valence-electron chi connectivity index (χ2n) is 2.98. The number of rotatable bonds is 2. The van der Waals surface area contributed by atoms with Crippen molar-refractivity contribution >= 4 is 11.6 Å². The minimum atomic E-state index is -0.562. The van der Waals surface area contributed by atoms with Gasteiger partial charge in [-0.1, -0.05) is 24.3 Å². The Balaban J connectivity index is 2.94. The van der Waals surface area contributed by atoms with Crippen LogP contribution < -0.4 is 0 Å². The number of alkyl halides is 1. The Labute approximate surface area is 78.0 Å². The molecule has 2 unspecified atom stereocenters. The van der Waals surface area contributed by atoms with Gasteiger partial charge in [0.15, 0.2) is 0 Å². The summed E-state index contributed by atoms with van der Waals surface area (Å²) in [6.07, 6.45) is -0.562. The van der Waals surface area contributed by atoms with Gasteiger partial charge in [0.1, 0.15) is 0 Å². The molecule has 0 aliphatic rings. The number of halogens is 1. The highest BCUT2D eigenvalue weighted by Gasteiger charge is 2.14. The van der Waals surface area contributed by atoms with Crippen molar-refractivity contribution in [3.8, 4) is 0 Å². The number of benzene rings is 1. The monoisotopic (exact) mass is 184 g/mol. The molecule has 2 heteroatoms. The van der Waals surface area contributed by atoms with E-state index in [-0.39, 0.29) is 5.38 Å². The first kappa shape index (κ1) is 9.56. The Morgan fingerprint density at radius 1 is 1.33 bits per heavy atom. The maximum absolute atomic E-state index is 9.65. The van der Waals surface area contributed by atoms with Crippen LogP contribution in [0.3, 0.4) is 0 Å². The van der Waals surface area contributed by atoms with E-state index in [1.165, 1.54) is 0 Å². The summed E-state index contributed by atoms with van der Waals surface area (Å²) in [6.45, 7) is 3.76. The van der Waals surface area contributed by atoms with Gasteiger partial charge in [-0.15, -0.1) is 11.6 Å². The number of hydrogen-bond acceptors (Lipinski definition) is 1. The molecular formula is C10H13ClO. The molecule has 0 radical (unpaired) electrons. The quantitative estimate of drug-likeness (QED) is 0.701.